The van der Waals surface area contributed by atoms with Crippen LogP contribution in [-0.2, 0) is 4.74 Å². The molecule has 0 rings (SSSR count). The first-order chi connectivity index (χ1) is 5.68. The van der Waals surface area contributed by atoms with E-state index in [9.17, 15) is 0 Å². The topological polar surface area (TPSA) is 45.0 Å². The molecule has 70 valence electrons. The fraction of sp³-hybridized carbons (Fsp3) is 0.889. The number of likely N-dealkylation sites (N-methyl/N-ethyl adjacent to an activating group) is 1. The minimum absolute atomic E-state index is 0.458. The maximum absolute atomic E-state index is 8.75. The Morgan fingerprint density at radius 1 is 1.58 bits per heavy atom. The van der Waals surface area contributed by atoms with Gasteiger partial charge in [0, 0.05) is 6.61 Å². The summed E-state index contributed by atoms with van der Waals surface area (Å²) >= 11 is 0. The van der Waals surface area contributed by atoms with Gasteiger partial charge < -0.3 is 10.1 Å². The molecule has 3 nitrogen and oxygen atoms in total. The Kier molecular flexibility index (Phi) is 5.69. The Labute approximate surface area is 74.7 Å². The Morgan fingerprint density at radius 3 is 2.67 bits per heavy atom. The summed E-state index contributed by atoms with van der Waals surface area (Å²) in [6.45, 7) is 5.15. The molecule has 0 aromatic heterocycles. The molecule has 12 heavy (non-hydrogen) atoms. The van der Waals surface area contributed by atoms with Crippen LogP contribution in [0.5, 0.6) is 0 Å². The third-order valence-electron chi connectivity index (χ3n) is 1.83. The van der Waals surface area contributed by atoms with E-state index < -0.39 is 5.54 Å². The largest absolute Gasteiger partial charge is 0.378 e. The van der Waals surface area contributed by atoms with Crippen molar-refractivity contribution in [3.05, 3.63) is 0 Å². The molecule has 1 unspecified atom stereocenters. The number of nitriles is 1. The normalized spacial score (nSPS) is 15.2. The van der Waals surface area contributed by atoms with E-state index in [2.05, 4.69) is 18.3 Å². The van der Waals surface area contributed by atoms with Crippen molar-refractivity contribution in [1.29, 1.82) is 5.26 Å². The summed E-state index contributed by atoms with van der Waals surface area (Å²) in [5.41, 5.74) is -0.534. The van der Waals surface area contributed by atoms with E-state index in [1.165, 1.54) is 0 Å². The summed E-state index contributed by atoms with van der Waals surface area (Å²) in [5.74, 6) is 0. The van der Waals surface area contributed by atoms with Crippen LogP contribution in [0, 0.1) is 11.3 Å². The van der Waals surface area contributed by atoms with Crippen LogP contribution in [0.1, 0.15) is 26.7 Å². The fourth-order valence-electron chi connectivity index (χ4n) is 0.683. The van der Waals surface area contributed by atoms with Crippen LogP contribution >= 0.6 is 0 Å². The molecule has 0 aromatic rings. The number of ether oxygens (including phenoxy) is 1. The van der Waals surface area contributed by atoms with Gasteiger partial charge in [-0.2, -0.15) is 5.26 Å². The van der Waals surface area contributed by atoms with Crippen molar-refractivity contribution < 1.29 is 4.74 Å². The zero-order valence-electron chi connectivity index (χ0n) is 8.18. The van der Waals surface area contributed by atoms with E-state index in [1.54, 1.807) is 7.05 Å². The van der Waals surface area contributed by atoms with Crippen LogP contribution in [-0.4, -0.2) is 25.8 Å². The fourth-order valence-corrected chi connectivity index (χ4v) is 0.683. The molecule has 0 aromatic carbocycles. The summed E-state index contributed by atoms with van der Waals surface area (Å²) in [6, 6.07) is 2.17. The maximum atomic E-state index is 8.75. The zero-order valence-corrected chi connectivity index (χ0v) is 8.18. The molecule has 0 aliphatic rings. The van der Waals surface area contributed by atoms with Crippen molar-refractivity contribution in [2.75, 3.05) is 20.3 Å². The number of unbranched alkanes of at least 4 members (excludes halogenated alkanes) is 1. The van der Waals surface area contributed by atoms with Crippen LogP contribution in [0.2, 0.25) is 0 Å². The number of nitrogens with one attached hydrogen (secondary N) is 1. The van der Waals surface area contributed by atoms with Crippen LogP contribution < -0.4 is 5.32 Å². The molecule has 0 fully saturated rings. The summed E-state index contributed by atoms with van der Waals surface area (Å²) < 4.78 is 5.34. The predicted molar refractivity (Wildman–Crippen MR) is 48.8 cm³/mol. The Bertz CT molecular complexity index is 153. The quantitative estimate of drug-likeness (QED) is 0.611. The van der Waals surface area contributed by atoms with Gasteiger partial charge in [0.2, 0.25) is 0 Å². The van der Waals surface area contributed by atoms with E-state index in [0.29, 0.717) is 6.61 Å². The van der Waals surface area contributed by atoms with Gasteiger partial charge in [-0.3, -0.25) is 0 Å². The molecule has 1 N–H and O–H groups in total. The van der Waals surface area contributed by atoms with Gasteiger partial charge in [0.15, 0.2) is 0 Å². The summed E-state index contributed by atoms with van der Waals surface area (Å²) in [7, 11) is 1.77. The Hall–Kier alpha value is -0.590. The minimum Gasteiger partial charge on any atom is -0.378 e. The molecule has 0 heterocycles. The highest BCUT2D eigenvalue weighted by Gasteiger charge is 2.20. The number of nitrogens with zero attached hydrogens (tertiary/aromatic N) is 1. The number of hydrogen-bond donors (Lipinski definition) is 1. The molecule has 0 aliphatic carbocycles. The maximum Gasteiger partial charge on any atom is 0.127 e. The first-order valence-corrected chi connectivity index (χ1v) is 4.36. The van der Waals surface area contributed by atoms with Gasteiger partial charge >= 0.3 is 0 Å². The molecule has 0 saturated heterocycles. The van der Waals surface area contributed by atoms with Gasteiger partial charge in [-0.1, -0.05) is 13.3 Å². The van der Waals surface area contributed by atoms with Gasteiger partial charge in [-0.25, -0.2) is 0 Å². The minimum atomic E-state index is -0.534. The van der Waals surface area contributed by atoms with Crippen molar-refractivity contribution in [3.63, 3.8) is 0 Å². The average molecular weight is 170 g/mol. The van der Waals surface area contributed by atoms with Crippen molar-refractivity contribution >= 4 is 0 Å². The Morgan fingerprint density at radius 2 is 2.25 bits per heavy atom. The lowest BCUT2D eigenvalue weighted by Crippen LogP contribution is -2.42. The monoisotopic (exact) mass is 170 g/mol. The van der Waals surface area contributed by atoms with Gasteiger partial charge in [0.05, 0.1) is 12.7 Å². The van der Waals surface area contributed by atoms with E-state index in [-0.39, 0.29) is 0 Å². The van der Waals surface area contributed by atoms with E-state index >= 15 is 0 Å². The van der Waals surface area contributed by atoms with E-state index in [1.807, 2.05) is 6.92 Å². The molecule has 0 spiro atoms. The first kappa shape index (κ1) is 11.4. The molecule has 3 heteroatoms. The van der Waals surface area contributed by atoms with E-state index in [4.69, 9.17) is 10.00 Å². The zero-order chi connectivity index (χ0) is 9.45. The van der Waals surface area contributed by atoms with Crippen LogP contribution in [0.15, 0.2) is 0 Å². The highest BCUT2D eigenvalue weighted by molar-refractivity contribution is 5.02. The standard InChI is InChI=1S/C9H18N2O/c1-4-5-6-12-8-9(2,7-10)11-3/h11H,4-6,8H2,1-3H3. The van der Waals surface area contributed by atoms with Crippen LogP contribution in [0.4, 0.5) is 0 Å². The lowest BCUT2D eigenvalue weighted by atomic mass is 10.1. The average Bonchev–Trinajstić information content (AvgIpc) is 2.12. The van der Waals surface area contributed by atoms with Crippen LogP contribution in [0.3, 0.4) is 0 Å². The first-order valence-electron chi connectivity index (χ1n) is 4.36. The number of hydrogen-bond acceptors (Lipinski definition) is 3. The van der Waals surface area contributed by atoms with Gasteiger partial charge in [-0.05, 0) is 20.4 Å². The van der Waals surface area contributed by atoms with Crippen molar-refractivity contribution in [3.8, 4) is 6.07 Å². The number of rotatable bonds is 6. The second-order valence-electron chi connectivity index (χ2n) is 3.10. The lowest BCUT2D eigenvalue weighted by molar-refractivity contribution is 0.0959. The van der Waals surface area contributed by atoms with Crippen LogP contribution in [0.25, 0.3) is 0 Å². The second kappa shape index (κ2) is 5.99. The molecule has 0 radical (unpaired) electrons. The molecule has 0 amide bonds. The Balaban J connectivity index is 3.54. The third-order valence-corrected chi connectivity index (χ3v) is 1.83. The van der Waals surface area contributed by atoms with Crippen molar-refractivity contribution in [2.24, 2.45) is 0 Å². The highest BCUT2D eigenvalue weighted by atomic mass is 16.5. The second-order valence-corrected chi connectivity index (χ2v) is 3.10. The van der Waals surface area contributed by atoms with Crippen molar-refractivity contribution in [2.45, 2.75) is 32.2 Å². The summed E-state index contributed by atoms with van der Waals surface area (Å²) in [6.07, 6.45) is 2.19. The highest BCUT2D eigenvalue weighted by Crippen LogP contribution is 2.01. The molecule has 1 atom stereocenters. The van der Waals surface area contributed by atoms with Gasteiger partial charge in [-0.15, -0.1) is 0 Å². The molecule has 0 saturated carbocycles. The van der Waals surface area contributed by atoms with Gasteiger partial charge in [0.25, 0.3) is 0 Å². The predicted octanol–water partition coefficient (Wildman–Crippen LogP) is 1.30. The molecule has 0 aliphatic heterocycles. The SMILES string of the molecule is CCCCOCC(C)(C#N)NC. The molecule has 0 bridgehead atoms. The third kappa shape index (κ3) is 4.32. The van der Waals surface area contributed by atoms with Crippen molar-refractivity contribution in [1.82, 2.24) is 5.32 Å². The molecular weight excluding hydrogens is 152 g/mol. The summed E-state index contributed by atoms with van der Waals surface area (Å²) in [4.78, 5) is 0. The smallest absolute Gasteiger partial charge is 0.127 e. The molecular formula is C9H18N2O. The lowest BCUT2D eigenvalue weighted by Gasteiger charge is -2.20. The van der Waals surface area contributed by atoms with E-state index in [0.717, 1.165) is 19.4 Å². The van der Waals surface area contributed by atoms with Gasteiger partial charge in [0.1, 0.15) is 5.54 Å². The summed E-state index contributed by atoms with van der Waals surface area (Å²) in [5, 5.41) is 11.7.